The van der Waals surface area contributed by atoms with Gasteiger partial charge in [-0.25, -0.2) is 9.97 Å². The van der Waals surface area contributed by atoms with Crippen LogP contribution in [0, 0.1) is 0 Å². The average Bonchev–Trinajstić information content (AvgIpc) is 2.66. The molecule has 0 atom stereocenters. The number of rotatable bonds is 0. The summed E-state index contributed by atoms with van der Waals surface area (Å²) in [5.74, 6) is 0.588. The van der Waals surface area contributed by atoms with E-state index >= 15 is 0 Å². The van der Waals surface area contributed by atoms with Gasteiger partial charge in [0.05, 0.1) is 5.52 Å². The smallest absolute Gasteiger partial charge is 0.134 e. The predicted molar refractivity (Wildman–Crippen MR) is 56.0 cm³/mol. The second-order valence-corrected chi connectivity index (χ2v) is 3.71. The maximum absolute atomic E-state index is 5.80. The first-order chi connectivity index (χ1) is 6.86. The Hall–Kier alpha value is -1.64. The van der Waals surface area contributed by atoms with Gasteiger partial charge in [-0.15, -0.1) is 0 Å². The molecule has 0 bridgehead atoms. The van der Waals surface area contributed by atoms with Crippen LogP contribution < -0.4 is 5.73 Å². The quantitative estimate of drug-likeness (QED) is 0.679. The van der Waals surface area contributed by atoms with Crippen molar-refractivity contribution in [1.82, 2.24) is 9.97 Å². The fourth-order valence-corrected chi connectivity index (χ4v) is 2.22. The lowest BCUT2D eigenvalue weighted by Gasteiger charge is -2.04. The van der Waals surface area contributed by atoms with Gasteiger partial charge >= 0.3 is 0 Å². The van der Waals surface area contributed by atoms with Crippen LogP contribution in [0.1, 0.15) is 17.5 Å². The molecule has 0 aliphatic heterocycles. The highest BCUT2D eigenvalue weighted by Gasteiger charge is 2.15. The molecule has 2 N–H and O–H groups in total. The zero-order chi connectivity index (χ0) is 9.54. The van der Waals surface area contributed by atoms with Crippen molar-refractivity contribution in [3.63, 3.8) is 0 Å². The van der Waals surface area contributed by atoms with Crippen LogP contribution in [0.5, 0.6) is 0 Å². The highest BCUT2D eigenvalue weighted by molar-refractivity contribution is 5.91. The first-order valence-corrected chi connectivity index (χ1v) is 4.87. The van der Waals surface area contributed by atoms with E-state index in [0.717, 1.165) is 17.3 Å². The molecule has 1 aliphatic rings. The molecular formula is C11H11N3. The molecule has 0 saturated carbocycles. The number of benzene rings is 1. The van der Waals surface area contributed by atoms with Crippen LogP contribution in [0.4, 0.5) is 5.82 Å². The molecule has 0 fully saturated rings. The van der Waals surface area contributed by atoms with E-state index in [2.05, 4.69) is 16.0 Å². The van der Waals surface area contributed by atoms with Crippen molar-refractivity contribution in [3.8, 4) is 0 Å². The number of hydrogen-bond donors (Lipinski definition) is 1. The van der Waals surface area contributed by atoms with Crippen LogP contribution in [0.25, 0.3) is 10.9 Å². The monoisotopic (exact) mass is 185 g/mol. The molecule has 1 aromatic carbocycles. The van der Waals surface area contributed by atoms with E-state index in [4.69, 9.17) is 5.73 Å². The number of fused-ring (bicyclic) bond motifs is 3. The van der Waals surface area contributed by atoms with Crippen molar-refractivity contribution >= 4 is 16.7 Å². The minimum atomic E-state index is 0.588. The summed E-state index contributed by atoms with van der Waals surface area (Å²) in [5.41, 5.74) is 9.65. The molecule has 1 aliphatic carbocycles. The standard InChI is InChI=1S/C11H11N3/c12-11-9-5-4-7-2-1-3-8(7)10(9)13-6-14-11/h4-6H,1-3H2,(H2,12,13,14). The summed E-state index contributed by atoms with van der Waals surface area (Å²) in [5, 5.41) is 0.994. The van der Waals surface area contributed by atoms with E-state index in [0.29, 0.717) is 5.82 Å². The lowest BCUT2D eigenvalue weighted by atomic mass is 10.1. The molecule has 2 aromatic rings. The van der Waals surface area contributed by atoms with Crippen molar-refractivity contribution in [2.75, 3.05) is 5.73 Å². The minimum absolute atomic E-state index is 0.588. The molecule has 70 valence electrons. The number of nitrogens with zero attached hydrogens (tertiary/aromatic N) is 2. The summed E-state index contributed by atoms with van der Waals surface area (Å²) < 4.78 is 0. The summed E-state index contributed by atoms with van der Waals surface area (Å²) >= 11 is 0. The normalized spacial score (nSPS) is 14.6. The number of anilines is 1. The van der Waals surface area contributed by atoms with Crippen molar-refractivity contribution in [1.29, 1.82) is 0 Å². The zero-order valence-electron chi connectivity index (χ0n) is 7.83. The van der Waals surface area contributed by atoms with Gasteiger partial charge < -0.3 is 5.73 Å². The van der Waals surface area contributed by atoms with E-state index in [1.807, 2.05) is 6.07 Å². The third kappa shape index (κ3) is 0.923. The highest BCUT2D eigenvalue weighted by Crippen LogP contribution is 2.29. The van der Waals surface area contributed by atoms with Gasteiger partial charge in [0.2, 0.25) is 0 Å². The third-order valence-corrected chi connectivity index (χ3v) is 2.91. The molecule has 0 saturated heterocycles. The maximum Gasteiger partial charge on any atom is 0.134 e. The number of hydrogen-bond acceptors (Lipinski definition) is 3. The molecule has 0 spiro atoms. The topological polar surface area (TPSA) is 51.8 Å². The van der Waals surface area contributed by atoms with Crippen LogP contribution in [-0.4, -0.2) is 9.97 Å². The summed E-state index contributed by atoms with van der Waals surface area (Å²) in [6, 6.07) is 4.19. The summed E-state index contributed by atoms with van der Waals surface area (Å²) in [4.78, 5) is 8.32. The van der Waals surface area contributed by atoms with Gasteiger partial charge in [-0.2, -0.15) is 0 Å². The van der Waals surface area contributed by atoms with Gasteiger partial charge in [0.15, 0.2) is 0 Å². The van der Waals surface area contributed by atoms with E-state index < -0.39 is 0 Å². The highest BCUT2D eigenvalue weighted by atomic mass is 14.9. The van der Waals surface area contributed by atoms with Crippen molar-refractivity contribution in [3.05, 3.63) is 29.6 Å². The SMILES string of the molecule is Nc1ncnc2c3c(ccc12)CCC3. The van der Waals surface area contributed by atoms with Crippen LogP contribution in [-0.2, 0) is 12.8 Å². The van der Waals surface area contributed by atoms with E-state index in [1.165, 1.54) is 24.0 Å². The number of nitrogen functional groups attached to an aromatic ring is 1. The van der Waals surface area contributed by atoms with Crippen LogP contribution in [0.2, 0.25) is 0 Å². The van der Waals surface area contributed by atoms with Gasteiger partial charge in [-0.05, 0) is 36.5 Å². The molecule has 1 aromatic heterocycles. The second-order valence-electron chi connectivity index (χ2n) is 3.71. The Bertz CT molecular complexity index is 505. The zero-order valence-corrected chi connectivity index (χ0v) is 7.83. The molecule has 3 rings (SSSR count). The largest absolute Gasteiger partial charge is 0.383 e. The predicted octanol–water partition coefficient (Wildman–Crippen LogP) is 1.70. The minimum Gasteiger partial charge on any atom is -0.383 e. The van der Waals surface area contributed by atoms with Gasteiger partial charge in [0.1, 0.15) is 12.1 Å². The molecule has 14 heavy (non-hydrogen) atoms. The second kappa shape index (κ2) is 2.67. The van der Waals surface area contributed by atoms with E-state index in [1.54, 1.807) is 6.33 Å². The summed E-state index contributed by atoms with van der Waals surface area (Å²) in [6.45, 7) is 0. The van der Waals surface area contributed by atoms with Gasteiger partial charge in [0.25, 0.3) is 0 Å². The molecule has 3 nitrogen and oxygen atoms in total. The lowest BCUT2D eigenvalue weighted by Crippen LogP contribution is -1.95. The Morgan fingerprint density at radius 3 is 3.00 bits per heavy atom. The van der Waals surface area contributed by atoms with Crippen LogP contribution in [0.15, 0.2) is 18.5 Å². The molecule has 1 heterocycles. The van der Waals surface area contributed by atoms with Gasteiger partial charge in [-0.3, -0.25) is 0 Å². The summed E-state index contributed by atoms with van der Waals surface area (Å²) in [6.07, 6.45) is 5.09. The van der Waals surface area contributed by atoms with E-state index in [-0.39, 0.29) is 0 Å². The van der Waals surface area contributed by atoms with E-state index in [9.17, 15) is 0 Å². The lowest BCUT2D eigenvalue weighted by molar-refractivity contribution is 0.912. The number of nitrogens with two attached hydrogens (primary N) is 1. The fourth-order valence-electron chi connectivity index (χ4n) is 2.22. The molecule has 3 heteroatoms. The Labute approximate surface area is 82.0 Å². The van der Waals surface area contributed by atoms with Crippen LogP contribution >= 0.6 is 0 Å². The molecular weight excluding hydrogens is 174 g/mol. The van der Waals surface area contributed by atoms with Gasteiger partial charge in [0, 0.05) is 5.39 Å². The molecule has 0 unspecified atom stereocenters. The molecule has 0 amide bonds. The van der Waals surface area contributed by atoms with Crippen LogP contribution in [0.3, 0.4) is 0 Å². The molecule has 0 radical (unpaired) electrons. The average molecular weight is 185 g/mol. The Morgan fingerprint density at radius 2 is 2.07 bits per heavy atom. The fraction of sp³-hybridized carbons (Fsp3) is 0.273. The Kier molecular flexibility index (Phi) is 1.48. The number of aromatic nitrogens is 2. The Morgan fingerprint density at radius 1 is 1.14 bits per heavy atom. The third-order valence-electron chi connectivity index (χ3n) is 2.91. The first kappa shape index (κ1) is 7.74. The summed E-state index contributed by atoms with van der Waals surface area (Å²) in [7, 11) is 0. The van der Waals surface area contributed by atoms with Crippen molar-refractivity contribution in [2.45, 2.75) is 19.3 Å². The number of aryl methyl sites for hydroxylation is 2. The van der Waals surface area contributed by atoms with Crippen molar-refractivity contribution in [2.24, 2.45) is 0 Å². The maximum atomic E-state index is 5.80. The van der Waals surface area contributed by atoms with Crippen molar-refractivity contribution < 1.29 is 0 Å². The van der Waals surface area contributed by atoms with Gasteiger partial charge in [-0.1, -0.05) is 6.07 Å². The Balaban J connectivity index is 2.44. The first-order valence-electron chi connectivity index (χ1n) is 4.87.